The second-order valence-electron chi connectivity index (χ2n) is 10.8. The second-order valence-corrected chi connectivity index (χ2v) is 10.8. The highest BCUT2D eigenvalue weighted by atomic mass is 16.3. The van der Waals surface area contributed by atoms with Crippen molar-refractivity contribution in [2.24, 2.45) is 29.1 Å². The van der Waals surface area contributed by atoms with Gasteiger partial charge >= 0.3 is 0 Å². The average Bonchev–Trinajstić information content (AvgIpc) is 3.38. The fraction of sp³-hybridized carbons (Fsp3) is 0.793. The Morgan fingerprint density at radius 2 is 1.03 bits per heavy atom. The van der Waals surface area contributed by atoms with Crippen LogP contribution in [0.3, 0.4) is 0 Å². The van der Waals surface area contributed by atoms with Crippen LogP contribution < -0.4 is 0 Å². The summed E-state index contributed by atoms with van der Waals surface area (Å²) in [5.74, 6) is 2.31. The van der Waals surface area contributed by atoms with Crippen LogP contribution in [0.2, 0.25) is 0 Å². The first-order valence-electron chi connectivity index (χ1n) is 12.9. The SMILES string of the molecule is CC(C)(C)C[C@@H]1C=C[C@@H](CO)C1.CCC.CCC.C[C@@H]1C=C[C@@H](O)C1.C[C@@H]1C=C[C@@H](O)C1. The zero-order valence-corrected chi connectivity index (χ0v) is 22.7. The maximum atomic E-state index is 8.93. The molecule has 0 unspecified atom stereocenters. The standard InChI is InChI=1S/C11H20O.2C6H10O.2C3H8/c1-11(2,3)7-9-4-5-10(6-9)8-12;2*1-5-2-3-6(7)4-5;2*1-3-2/h4-5,9-10,12H,6-8H2,1-3H3;2*2-3,5-7H,4H2,1H3;2*3H2,1-2H3/t9-,10-;2*5-,6-;;/m111../s1. The Morgan fingerprint density at radius 3 is 1.22 bits per heavy atom. The van der Waals surface area contributed by atoms with Crippen molar-refractivity contribution in [3.05, 3.63) is 36.5 Å². The first-order chi connectivity index (χ1) is 14.9. The molecule has 0 bridgehead atoms. The van der Waals surface area contributed by atoms with Gasteiger partial charge < -0.3 is 15.3 Å². The normalized spacial score (nSPS) is 29.6. The Kier molecular flexibility index (Phi) is 20.3. The summed E-state index contributed by atoms with van der Waals surface area (Å²) in [6.45, 7) is 19.8. The minimum Gasteiger partial charge on any atom is -0.396 e. The highest BCUT2D eigenvalue weighted by Gasteiger charge is 2.23. The molecule has 3 rings (SSSR count). The quantitative estimate of drug-likeness (QED) is 0.384. The number of aliphatic hydroxyl groups excluding tert-OH is 3. The fourth-order valence-corrected chi connectivity index (χ4v) is 3.65. The first kappa shape index (κ1) is 33.3. The van der Waals surface area contributed by atoms with Gasteiger partial charge in [-0.2, -0.15) is 0 Å². The first-order valence-corrected chi connectivity index (χ1v) is 12.9. The van der Waals surface area contributed by atoms with Crippen LogP contribution in [0.4, 0.5) is 0 Å². The molecule has 3 heteroatoms. The van der Waals surface area contributed by atoms with Gasteiger partial charge in [0.2, 0.25) is 0 Å². The summed E-state index contributed by atoms with van der Waals surface area (Å²) >= 11 is 0. The number of hydrogen-bond acceptors (Lipinski definition) is 3. The molecule has 3 nitrogen and oxygen atoms in total. The Hall–Kier alpha value is -0.900. The molecule has 0 amide bonds. The predicted molar refractivity (Wildman–Crippen MR) is 142 cm³/mol. The Labute approximate surface area is 200 Å². The molecular formula is C29H56O3. The van der Waals surface area contributed by atoms with E-state index >= 15 is 0 Å². The molecule has 3 aliphatic rings. The molecule has 0 radical (unpaired) electrons. The molecule has 32 heavy (non-hydrogen) atoms. The van der Waals surface area contributed by atoms with Crippen LogP contribution in [-0.2, 0) is 0 Å². The lowest BCUT2D eigenvalue weighted by molar-refractivity contribution is 0.212. The van der Waals surface area contributed by atoms with Gasteiger partial charge in [-0.25, -0.2) is 0 Å². The third-order valence-corrected chi connectivity index (χ3v) is 4.92. The zero-order chi connectivity index (χ0) is 25.2. The summed E-state index contributed by atoms with van der Waals surface area (Å²) in [5, 5.41) is 26.6. The summed E-state index contributed by atoms with van der Waals surface area (Å²) in [5.41, 5.74) is 0.416. The van der Waals surface area contributed by atoms with Crippen molar-refractivity contribution in [2.75, 3.05) is 6.61 Å². The molecule has 0 aliphatic heterocycles. The van der Waals surface area contributed by atoms with Crippen molar-refractivity contribution in [3.63, 3.8) is 0 Å². The summed E-state index contributed by atoms with van der Waals surface area (Å²) in [6.07, 6.45) is 18.6. The van der Waals surface area contributed by atoms with Crippen molar-refractivity contribution < 1.29 is 15.3 Å². The number of allylic oxidation sites excluding steroid dienone is 3. The molecule has 0 saturated heterocycles. The van der Waals surface area contributed by atoms with Crippen molar-refractivity contribution in [1.29, 1.82) is 0 Å². The van der Waals surface area contributed by atoms with E-state index in [0.29, 0.717) is 35.7 Å². The number of aliphatic hydroxyl groups is 3. The smallest absolute Gasteiger partial charge is 0.0726 e. The molecule has 0 aromatic rings. The minimum absolute atomic E-state index is 0.157. The van der Waals surface area contributed by atoms with E-state index in [9.17, 15) is 0 Å². The van der Waals surface area contributed by atoms with Crippen LogP contribution >= 0.6 is 0 Å². The lowest BCUT2D eigenvalue weighted by atomic mass is 9.84. The summed E-state index contributed by atoms with van der Waals surface area (Å²) < 4.78 is 0. The van der Waals surface area contributed by atoms with E-state index in [1.54, 1.807) is 0 Å². The second kappa shape index (κ2) is 19.6. The Balaban J connectivity index is 0. The van der Waals surface area contributed by atoms with Gasteiger partial charge in [-0.05, 0) is 48.9 Å². The van der Waals surface area contributed by atoms with E-state index in [0.717, 1.165) is 19.3 Å². The van der Waals surface area contributed by atoms with Crippen molar-refractivity contribution in [1.82, 2.24) is 0 Å². The summed E-state index contributed by atoms with van der Waals surface area (Å²) in [7, 11) is 0. The van der Waals surface area contributed by atoms with Gasteiger partial charge in [0.1, 0.15) is 0 Å². The molecule has 0 fully saturated rings. The van der Waals surface area contributed by atoms with Gasteiger partial charge in [0.25, 0.3) is 0 Å². The van der Waals surface area contributed by atoms with Gasteiger partial charge in [0, 0.05) is 12.5 Å². The molecule has 0 saturated carbocycles. The zero-order valence-electron chi connectivity index (χ0n) is 22.7. The molecular weight excluding hydrogens is 396 g/mol. The topological polar surface area (TPSA) is 60.7 Å². The van der Waals surface area contributed by atoms with Crippen LogP contribution in [-0.4, -0.2) is 34.1 Å². The lowest BCUT2D eigenvalue weighted by Gasteiger charge is -2.22. The van der Waals surface area contributed by atoms with Crippen LogP contribution in [0, 0.1) is 29.1 Å². The number of rotatable bonds is 2. The van der Waals surface area contributed by atoms with Gasteiger partial charge in [0.05, 0.1) is 12.2 Å². The van der Waals surface area contributed by atoms with Gasteiger partial charge in [0.15, 0.2) is 0 Å². The molecule has 0 aromatic carbocycles. The molecule has 0 spiro atoms. The van der Waals surface area contributed by atoms with E-state index in [1.807, 2.05) is 24.3 Å². The Morgan fingerprint density at radius 1 is 0.656 bits per heavy atom. The van der Waals surface area contributed by atoms with Crippen molar-refractivity contribution in [2.45, 2.75) is 113 Å². The Bertz CT molecular complexity index is 455. The monoisotopic (exact) mass is 452 g/mol. The maximum absolute atomic E-state index is 8.93. The molecule has 190 valence electrons. The van der Waals surface area contributed by atoms with Crippen LogP contribution in [0.1, 0.15) is 101 Å². The van der Waals surface area contributed by atoms with Crippen LogP contribution in [0.15, 0.2) is 36.5 Å². The van der Waals surface area contributed by atoms with Crippen molar-refractivity contribution in [3.8, 4) is 0 Å². The predicted octanol–water partition coefficient (Wildman–Crippen LogP) is 7.33. The number of hydrogen-bond donors (Lipinski definition) is 3. The average molecular weight is 453 g/mol. The highest BCUT2D eigenvalue weighted by Crippen LogP contribution is 2.33. The largest absolute Gasteiger partial charge is 0.396 e. The highest BCUT2D eigenvalue weighted by molar-refractivity contribution is 5.02. The molecule has 0 aromatic heterocycles. The molecule has 0 heterocycles. The van der Waals surface area contributed by atoms with E-state index < -0.39 is 0 Å². The molecule has 3 aliphatic carbocycles. The van der Waals surface area contributed by atoms with Gasteiger partial charge in [-0.15, -0.1) is 0 Å². The molecule has 6 atom stereocenters. The van der Waals surface area contributed by atoms with E-state index in [-0.39, 0.29) is 12.2 Å². The van der Waals surface area contributed by atoms with E-state index in [4.69, 9.17) is 15.3 Å². The molecule has 3 N–H and O–H groups in total. The summed E-state index contributed by atoms with van der Waals surface area (Å²) in [4.78, 5) is 0. The lowest BCUT2D eigenvalue weighted by Crippen LogP contribution is -2.12. The maximum Gasteiger partial charge on any atom is 0.0726 e. The fourth-order valence-electron chi connectivity index (χ4n) is 3.65. The summed E-state index contributed by atoms with van der Waals surface area (Å²) in [6, 6.07) is 0. The van der Waals surface area contributed by atoms with Crippen LogP contribution in [0.5, 0.6) is 0 Å². The third-order valence-electron chi connectivity index (χ3n) is 4.92. The van der Waals surface area contributed by atoms with Gasteiger partial charge in [-0.3, -0.25) is 0 Å². The minimum atomic E-state index is -0.157. The van der Waals surface area contributed by atoms with Crippen LogP contribution in [0.25, 0.3) is 0 Å². The van der Waals surface area contributed by atoms with Gasteiger partial charge in [-0.1, -0.05) is 112 Å². The van der Waals surface area contributed by atoms with Crippen molar-refractivity contribution >= 4 is 0 Å². The van der Waals surface area contributed by atoms with E-state index in [1.165, 1.54) is 19.3 Å². The van der Waals surface area contributed by atoms with E-state index in [2.05, 4.69) is 74.5 Å². The third kappa shape index (κ3) is 21.0.